The minimum Gasteiger partial charge on any atom is -0.486 e. The van der Waals surface area contributed by atoms with Crippen LogP contribution < -0.4 is 14.8 Å². The second kappa shape index (κ2) is 8.31. The summed E-state index contributed by atoms with van der Waals surface area (Å²) in [4.78, 5) is 24.0. The Kier molecular flexibility index (Phi) is 5.86. The lowest BCUT2D eigenvalue weighted by molar-refractivity contribution is -0.146. The number of fused-ring (bicyclic) bond motifs is 1. The van der Waals surface area contributed by atoms with Crippen LogP contribution in [0.4, 0.5) is 5.69 Å². The number of carbonyl (C=O) groups is 2. The molecule has 2 aromatic carbocycles. The topological polar surface area (TPSA) is 73.9 Å². The lowest BCUT2D eigenvalue weighted by Crippen LogP contribution is -2.22. The second-order valence-corrected chi connectivity index (χ2v) is 6.77. The highest BCUT2D eigenvalue weighted by Gasteiger charge is 2.18. The highest BCUT2D eigenvalue weighted by Crippen LogP contribution is 2.38. The van der Waals surface area contributed by atoms with E-state index in [2.05, 4.69) is 5.32 Å². The minimum absolute atomic E-state index is 0.0206. The maximum absolute atomic E-state index is 12.0. The van der Waals surface area contributed by atoms with E-state index in [1.807, 2.05) is 32.0 Å². The van der Waals surface area contributed by atoms with E-state index in [-0.39, 0.29) is 13.0 Å². The number of rotatable bonds is 5. The van der Waals surface area contributed by atoms with E-state index in [0.717, 1.165) is 11.1 Å². The van der Waals surface area contributed by atoms with Crippen molar-refractivity contribution in [3.8, 4) is 11.5 Å². The molecule has 1 heterocycles. The molecular weight excluding hydrogens is 370 g/mol. The summed E-state index contributed by atoms with van der Waals surface area (Å²) in [5, 5.41) is 3.10. The predicted molar refractivity (Wildman–Crippen MR) is 102 cm³/mol. The van der Waals surface area contributed by atoms with Crippen molar-refractivity contribution in [1.29, 1.82) is 0 Å². The molecule has 0 bridgehead atoms. The molecule has 7 heteroatoms. The summed E-state index contributed by atoms with van der Waals surface area (Å²) < 4.78 is 16.0. The fourth-order valence-corrected chi connectivity index (χ4v) is 3.16. The zero-order valence-electron chi connectivity index (χ0n) is 15.1. The number of benzene rings is 2. The molecule has 0 saturated heterocycles. The number of ether oxygens (including phenoxy) is 3. The fourth-order valence-electron chi connectivity index (χ4n) is 2.87. The highest BCUT2D eigenvalue weighted by atomic mass is 35.5. The van der Waals surface area contributed by atoms with Gasteiger partial charge < -0.3 is 19.5 Å². The van der Waals surface area contributed by atoms with Gasteiger partial charge in [0.15, 0.2) is 18.1 Å². The molecule has 0 radical (unpaired) electrons. The van der Waals surface area contributed by atoms with Gasteiger partial charge in [-0.1, -0.05) is 17.7 Å². The van der Waals surface area contributed by atoms with Crippen LogP contribution in [0.15, 0.2) is 30.3 Å². The number of halogens is 1. The summed E-state index contributed by atoms with van der Waals surface area (Å²) in [6.45, 7) is 4.39. The SMILES string of the molecule is Cc1cc(C)cc(NC(=O)COC(=O)Cc2cc(Cl)c3c(c2)OCCO3)c1. The summed E-state index contributed by atoms with van der Waals surface area (Å²) >= 11 is 6.15. The molecule has 0 atom stereocenters. The van der Waals surface area contributed by atoms with Crippen LogP contribution in [0.1, 0.15) is 16.7 Å². The van der Waals surface area contributed by atoms with Crippen molar-refractivity contribution in [1.82, 2.24) is 0 Å². The van der Waals surface area contributed by atoms with Gasteiger partial charge in [-0.3, -0.25) is 9.59 Å². The first-order valence-corrected chi connectivity index (χ1v) is 8.90. The molecule has 2 aromatic rings. The first kappa shape index (κ1) is 19.0. The lowest BCUT2D eigenvalue weighted by Gasteiger charge is -2.20. The summed E-state index contributed by atoms with van der Waals surface area (Å²) in [7, 11) is 0. The maximum atomic E-state index is 12.0. The number of hydrogen-bond donors (Lipinski definition) is 1. The zero-order chi connectivity index (χ0) is 19.4. The number of nitrogens with one attached hydrogen (secondary N) is 1. The Labute approximate surface area is 162 Å². The molecule has 1 amide bonds. The number of hydrogen-bond acceptors (Lipinski definition) is 5. The van der Waals surface area contributed by atoms with Crippen molar-refractivity contribution >= 4 is 29.2 Å². The summed E-state index contributed by atoms with van der Waals surface area (Å²) in [5.74, 6) is 0.0591. The molecule has 1 aliphatic rings. The molecular formula is C20H20ClNO5. The Balaban J connectivity index is 1.53. The smallest absolute Gasteiger partial charge is 0.310 e. The molecule has 0 spiro atoms. The Morgan fingerprint density at radius 3 is 2.52 bits per heavy atom. The molecule has 3 rings (SSSR count). The van der Waals surface area contributed by atoms with Crippen molar-refractivity contribution in [2.24, 2.45) is 0 Å². The predicted octanol–water partition coefficient (Wildman–Crippen LogP) is 3.45. The molecule has 6 nitrogen and oxygen atoms in total. The van der Waals surface area contributed by atoms with E-state index in [1.165, 1.54) is 0 Å². The average molecular weight is 390 g/mol. The maximum Gasteiger partial charge on any atom is 0.310 e. The van der Waals surface area contributed by atoms with Gasteiger partial charge in [-0.05, 0) is 54.8 Å². The number of carbonyl (C=O) groups excluding carboxylic acids is 2. The van der Waals surface area contributed by atoms with Gasteiger partial charge in [-0.2, -0.15) is 0 Å². The van der Waals surface area contributed by atoms with Gasteiger partial charge in [0, 0.05) is 5.69 Å². The molecule has 1 aliphatic heterocycles. The van der Waals surface area contributed by atoms with E-state index in [1.54, 1.807) is 12.1 Å². The van der Waals surface area contributed by atoms with E-state index < -0.39 is 11.9 Å². The van der Waals surface area contributed by atoms with Crippen molar-refractivity contribution in [3.63, 3.8) is 0 Å². The van der Waals surface area contributed by atoms with Crippen molar-refractivity contribution in [2.45, 2.75) is 20.3 Å². The second-order valence-electron chi connectivity index (χ2n) is 6.36. The zero-order valence-corrected chi connectivity index (χ0v) is 15.9. The normalized spacial score (nSPS) is 12.4. The van der Waals surface area contributed by atoms with E-state index >= 15 is 0 Å². The largest absolute Gasteiger partial charge is 0.486 e. The first-order valence-electron chi connectivity index (χ1n) is 8.52. The summed E-state index contributed by atoms with van der Waals surface area (Å²) in [6.07, 6.45) is -0.0206. The Bertz CT molecular complexity index is 861. The van der Waals surface area contributed by atoms with Crippen molar-refractivity contribution in [3.05, 3.63) is 52.0 Å². The van der Waals surface area contributed by atoms with Gasteiger partial charge in [-0.25, -0.2) is 0 Å². The fraction of sp³-hybridized carbons (Fsp3) is 0.300. The Morgan fingerprint density at radius 2 is 1.78 bits per heavy atom. The first-order chi connectivity index (χ1) is 12.9. The van der Waals surface area contributed by atoms with Crippen LogP contribution in [0.2, 0.25) is 5.02 Å². The number of aryl methyl sites for hydroxylation is 2. The standard InChI is InChI=1S/C20H20ClNO5/c1-12-5-13(2)7-15(6-12)22-18(23)11-27-19(24)10-14-8-16(21)20-17(9-14)25-3-4-26-20/h5-9H,3-4,10-11H2,1-2H3,(H,22,23). The van der Waals surface area contributed by atoms with Gasteiger partial charge in [0.1, 0.15) is 13.2 Å². The molecule has 0 aliphatic carbocycles. The molecule has 142 valence electrons. The molecule has 0 aromatic heterocycles. The van der Waals surface area contributed by atoms with Gasteiger partial charge in [0.2, 0.25) is 0 Å². The molecule has 0 unspecified atom stereocenters. The van der Waals surface area contributed by atoms with Crippen LogP contribution in [0.3, 0.4) is 0 Å². The van der Waals surface area contributed by atoms with Crippen LogP contribution in [0.25, 0.3) is 0 Å². The quantitative estimate of drug-likeness (QED) is 0.793. The van der Waals surface area contributed by atoms with Crippen LogP contribution in [-0.2, 0) is 20.7 Å². The van der Waals surface area contributed by atoms with E-state index in [9.17, 15) is 9.59 Å². The van der Waals surface area contributed by atoms with Gasteiger partial charge >= 0.3 is 5.97 Å². The van der Waals surface area contributed by atoms with Gasteiger partial charge in [0.25, 0.3) is 5.91 Å². The number of anilines is 1. The number of esters is 1. The number of amides is 1. The average Bonchev–Trinajstić information content (AvgIpc) is 2.59. The van der Waals surface area contributed by atoms with Crippen LogP contribution in [-0.4, -0.2) is 31.7 Å². The summed E-state index contributed by atoms with van der Waals surface area (Å²) in [5.41, 5.74) is 3.38. The minimum atomic E-state index is -0.529. The van der Waals surface area contributed by atoms with Gasteiger partial charge in [0.05, 0.1) is 11.4 Å². The molecule has 0 saturated carbocycles. The monoisotopic (exact) mass is 389 g/mol. The van der Waals surface area contributed by atoms with E-state index in [4.69, 9.17) is 25.8 Å². The third-order valence-corrected chi connectivity index (χ3v) is 4.16. The van der Waals surface area contributed by atoms with Crippen molar-refractivity contribution in [2.75, 3.05) is 25.1 Å². The lowest BCUT2D eigenvalue weighted by atomic mass is 10.1. The molecule has 1 N–H and O–H groups in total. The van der Waals surface area contributed by atoms with Crippen LogP contribution in [0, 0.1) is 13.8 Å². The molecule has 0 fully saturated rings. The third-order valence-electron chi connectivity index (χ3n) is 3.87. The summed E-state index contributed by atoms with van der Waals surface area (Å²) in [6, 6.07) is 9.03. The van der Waals surface area contributed by atoms with Crippen LogP contribution in [0.5, 0.6) is 11.5 Å². The third kappa shape index (κ3) is 5.14. The highest BCUT2D eigenvalue weighted by molar-refractivity contribution is 6.32. The van der Waals surface area contributed by atoms with E-state index in [0.29, 0.717) is 41.0 Å². The Hall–Kier alpha value is -2.73. The van der Waals surface area contributed by atoms with Gasteiger partial charge in [-0.15, -0.1) is 0 Å². The van der Waals surface area contributed by atoms with Crippen molar-refractivity contribution < 1.29 is 23.8 Å². The molecule has 27 heavy (non-hydrogen) atoms. The Morgan fingerprint density at radius 1 is 1.07 bits per heavy atom. The van der Waals surface area contributed by atoms with Crippen LogP contribution >= 0.6 is 11.6 Å².